The van der Waals surface area contributed by atoms with E-state index in [9.17, 15) is 4.79 Å². The second kappa shape index (κ2) is 9.30. The Morgan fingerprint density at radius 3 is 2.71 bits per heavy atom. The first-order valence-electron chi connectivity index (χ1n) is 12.5. The van der Waals surface area contributed by atoms with Crippen molar-refractivity contribution < 1.29 is 13.9 Å². The van der Waals surface area contributed by atoms with Crippen LogP contribution in [0.2, 0.25) is 5.02 Å². The lowest BCUT2D eigenvalue weighted by Crippen LogP contribution is -2.52. The number of anilines is 1. The van der Waals surface area contributed by atoms with Crippen LogP contribution in [0.5, 0.6) is 0 Å². The number of oxazole rings is 1. The van der Waals surface area contributed by atoms with Gasteiger partial charge in [0.15, 0.2) is 11.5 Å². The van der Waals surface area contributed by atoms with Crippen molar-refractivity contribution in [3.05, 3.63) is 22.5 Å². The van der Waals surface area contributed by atoms with E-state index in [-0.39, 0.29) is 11.4 Å². The van der Waals surface area contributed by atoms with Crippen molar-refractivity contribution in [3.63, 3.8) is 0 Å². The van der Waals surface area contributed by atoms with Crippen molar-refractivity contribution in [2.45, 2.75) is 70.4 Å². The van der Waals surface area contributed by atoms with Crippen LogP contribution in [-0.4, -0.2) is 54.8 Å². The average Bonchev–Trinajstić information content (AvgIpc) is 3.12. The van der Waals surface area contributed by atoms with Gasteiger partial charge in [-0.1, -0.05) is 44.7 Å². The lowest BCUT2D eigenvalue weighted by atomic mass is 9.74. The average molecular weight is 490 g/mol. The number of fused-ring (bicyclic) bond motifs is 4. The molecule has 8 nitrogen and oxygen atoms in total. The van der Waals surface area contributed by atoms with Gasteiger partial charge in [-0.2, -0.15) is 0 Å². The maximum absolute atomic E-state index is 12.5. The fourth-order valence-corrected chi connectivity index (χ4v) is 5.96. The lowest BCUT2D eigenvalue weighted by Gasteiger charge is -2.42. The third-order valence-corrected chi connectivity index (χ3v) is 8.01. The highest BCUT2D eigenvalue weighted by molar-refractivity contribution is 6.35. The summed E-state index contributed by atoms with van der Waals surface area (Å²) in [5, 5.41) is 6.64. The van der Waals surface area contributed by atoms with Crippen molar-refractivity contribution in [2.75, 3.05) is 38.2 Å². The van der Waals surface area contributed by atoms with Crippen LogP contribution < -0.4 is 16.4 Å². The minimum absolute atomic E-state index is 0.00280. The van der Waals surface area contributed by atoms with E-state index in [1.807, 2.05) is 6.07 Å². The summed E-state index contributed by atoms with van der Waals surface area (Å²) < 4.78 is 11.8. The highest BCUT2D eigenvalue weighted by atomic mass is 35.5. The molecule has 2 fully saturated rings. The SMILES string of the molecule is CC(C)(CCN(CCN)C1COC1)Cc1nc2cc(Cl)c3c(c2o1)C1(CCCCC1)NC(=O)N3. The molecule has 5 rings (SSSR count). The number of amides is 2. The molecule has 4 N–H and O–H groups in total. The molecule has 1 aromatic heterocycles. The molecule has 1 aliphatic carbocycles. The summed E-state index contributed by atoms with van der Waals surface area (Å²) in [5.41, 5.74) is 8.53. The van der Waals surface area contributed by atoms with Gasteiger partial charge in [-0.15, -0.1) is 0 Å². The molecule has 34 heavy (non-hydrogen) atoms. The fraction of sp³-hybridized carbons (Fsp3) is 0.680. The predicted molar refractivity (Wildman–Crippen MR) is 133 cm³/mol. The van der Waals surface area contributed by atoms with Gasteiger partial charge in [0.05, 0.1) is 35.5 Å². The summed E-state index contributed by atoms with van der Waals surface area (Å²) in [7, 11) is 0. The van der Waals surface area contributed by atoms with Gasteiger partial charge in [-0.3, -0.25) is 4.90 Å². The second-order valence-corrected chi connectivity index (χ2v) is 11.3. The minimum Gasteiger partial charge on any atom is -0.440 e. The molecule has 2 aromatic rings. The molecule has 0 atom stereocenters. The van der Waals surface area contributed by atoms with Crippen LogP contribution >= 0.6 is 11.6 Å². The van der Waals surface area contributed by atoms with E-state index < -0.39 is 5.54 Å². The molecular formula is C25H36ClN5O3. The van der Waals surface area contributed by atoms with E-state index in [4.69, 9.17) is 31.5 Å². The summed E-state index contributed by atoms with van der Waals surface area (Å²) in [5.74, 6) is 0.713. The number of carbonyl (C=O) groups is 1. The van der Waals surface area contributed by atoms with Crippen molar-refractivity contribution in [1.29, 1.82) is 0 Å². The molecule has 1 spiro atoms. The van der Waals surface area contributed by atoms with E-state index in [0.717, 1.165) is 81.5 Å². The number of rotatable bonds is 8. The molecule has 1 aromatic carbocycles. The number of halogens is 1. The molecule has 2 amide bonds. The first kappa shape index (κ1) is 23.9. The van der Waals surface area contributed by atoms with E-state index in [1.54, 1.807) is 0 Å². The monoisotopic (exact) mass is 489 g/mol. The quantitative estimate of drug-likeness (QED) is 0.507. The van der Waals surface area contributed by atoms with Crippen LogP contribution in [-0.2, 0) is 16.7 Å². The maximum atomic E-state index is 12.5. The normalized spacial score (nSPS) is 20.3. The number of benzene rings is 1. The zero-order valence-corrected chi connectivity index (χ0v) is 21.0. The third kappa shape index (κ3) is 4.53. The largest absolute Gasteiger partial charge is 0.440 e. The van der Waals surface area contributed by atoms with Crippen LogP contribution in [0.25, 0.3) is 11.1 Å². The molecule has 2 aliphatic heterocycles. The number of nitrogens with zero attached hydrogens (tertiary/aromatic N) is 2. The second-order valence-electron chi connectivity index (χ2n) is 10.9. The van der Waals surface area contributed by atoms with Crippen LogP contribution in [0.3, 0.4) is 0 Å². The molecule has 0 radical (unpaired) electrons. The molecule has 3 heterocycles. The summed E-state index contributed by atoms with van der Waals surface area (Å²) in [6, 6.07) is 2.10. The Hall–Kier alpha value is -1.87. The zero-order valence-electron chi connectivity index (χ0n) is 20.2. The van der Waals surface area contributed by atoms with Gasteiger partial charge in [-0.05, 0) is 37.3 Å². The third-order valence-electron chi connectivity index (χ3n) is 7.71. The van der Waals surface area contributed by atoms with Crippen molar-refractivity contribution in [2.24, 2.45) is 11.1 Å². The van der Waals surface area contributed by atoms with Gasteiger partial charge in [0.25, 0.3) is 0 Å². The Morgan fingerprint density at radius 2 is 2.03 bits per heavy atom. The van der Waals surface area contributed by atoms with Gasteiger partial charge in [0.2, 0.25) is 0 Å². The molecule has 3 aliphatic rings. The minimum atomic E-state index is -0.445. The number of hydrogen-bond donors (Lipinski definition) is 3. The molecule has 0 unspecified atom stereocenters. The van der Waals surface area contributed by atoms with E-state index in [0.29, 0.717) is 29.2 Å². The van der Waals surface area contributed by atoms with Crippen LogP contribution in [0.1, 0.15) is 63.8 Å². The highest BCUT2D eigenvalue weighted by Gasteiger charge is 2.44. The van der Waals surface area contributed by atoms with Gasteiger partial charge >= 0.3 is 6.03 Å². The molecule has 1 saturated heterocycles. The van der Waals surface area contributed by atoms with Gasteiger partial charge in [0.1, 0.15) is 5.52 Å². The number of aromatic nitrogens is 1. The van der Waals surface area contributed by atoms with Crippen molar-refractivity contribution >= 4 is 34.4 Å². The Kier molecular flexibility index (Phi) is 6.52. The Bertz CT molecular complexity index is 1060. The maximum Gasteiger partial charge on any atom is 0.319 e. The van der Waals surface area contributed by atoms with E-state index in [1.165, 1.54) is 6.42 Å². The molecular weight excluding hydrogens is 454 g/mol. The first-order chi connectivity index (χ1) is 16.3. The number of nitrogens with one attached hydrogen (secondary N) is 2. The summed E-state index contributed by atoms with van der Waals surface area (Å²) in [4.78, 5) is 19.8. The first-order valence-corrected chi connectivity index (χ1v) is 12.9. The molecule has 186 valence electrons. The van der Waals surface area contributed by atoms with E-state index >= 15 is 0 Å². The van der Waals surface area contributed by atoms with E-state index in [2.05, 4.69) is 29.4 Å². The van der Waals surface area contributed by atoms with Gasteiger partial charge in [-0.25, -0.2) is 9.78 Å². The zero-order chi connectivity index (χ0) is 23.9. The Morgan fingerprint density at radius 1 is 1.26 bits per heavy atom. The summed E-state index contributed by atoms with van der Waals surface area (Å²) in [6.07, 6.45) is 6.79. The van der Waals surface area contributed by atoms with Crippen LogP contribution in [0.4, 0.5) is 10.5 Å². The Labute approximate surface area is 205 Å². The van der Waals surface area contributed by atoms with Crippen molar-refractivity contribution in [3.8, 4) is 0 Å². The van der Waals surface area contributed by atoms with Crippen molar-refractivity contribution in [1.82, 2.24) is 15.2 Å². The number of nitrogens with two attached hydrogens (primary N) is 1. The topological polar surface area (TPSA) is 106 Å². The molecule has 0 bridgehead atoms. The highest BCUT2D eigenvalue weighted by Crippen LogP contribution is 2.48. The summed E-state index contributed by atoms with van der Waals surface area (Å²) in [6.45, 7) is 8.62. The number of hydrogen-bond acceptors (Lipinski definition) is 6. The number of urea groups is 1. The predicted octanol–water partition coefficient (Wildman–Crippen LogP) is 4.39. The van der Waals surface area contributed by atoms with Crippen LogP contribution in [0.15, 0.2) is 10.5 Å². The molecule has 1 saturated carbocycles. The number of carbonyl (C=O) groups excluding carboxylic acids is 1. The van der Waals surface area contributed by atoms with Crippen LogP contribution in [0, 0.1) is 5.41 Å². The fourth-order valence-electron chi connectivity index (χ4n) is 5.71. The summed E-state index contributed by atoms with van der Waals surface area (Å²) >= 11 is 6.64. The van der Waals surface area contributed by atoms with Gasteiger partial charge < -0.3 is 25.5 Å². The smallest absolute Gasteiger partial charge is 0.319 e. The molecule has 9 heteroatoms. The van der Waals surface area contributed by atoms with Gasteiger partial charge in [0, 0.05) is 25.1 Å². The standard InChI is InChI=1S/C25H36ClN5O3/c1-24(2,8-10-31(11-9-27)16-14-33-15-16)13-19-28-18-12-17(26)21-20(22(18)34-19)25(30-23(32)29-21)6-4-3-5-7-25/h12,16H,3-11,13-15,27H2,1-2H3,(H2,29,30,32). The lowest BCUT2D eigenvalue weighted by molar-refractivity contribution is -0.0663. The number of ether oxygens (including phenoxy) is 1. The Balaban J connectivity index is 1.41.